The van der Waals surface area contributed by atoms with E-state index >= 15 is 0 Å². The van der Waals surface area contributed by atoms with Gasteiger partial charge in [-0.15, -0.1) is 0 Å². The van der Waals surface area contributed by atoms with Crippen LogP contribution in [0.3, 0.4) is 0 Å². The van der Waals surface area contributed by atoms with Gasteiger partial charge in [0.25, 0.3) is 0 Å². The molecule has 0 saturated carbocycles. The molecule has 1 spiro atoms. The average molecular weight is 907 g/mol. The molecule has 0 saturated heterocycles. The second-order valence-electron chi connectivity index (χ2n) is 18.2. The van der Waals surface area contributed by atoms with E-state index in [1.54, 1.807) is 0 Å². The topological polar surface area (TPSA) is 59.7 Å². The molecule has 2 aliphatic rings. The van der Waals surface area contributed by atoms with Gasteiger partial charge in [-0.1, -0.05) is 200 Å². The van der Waals surface area contributed by atoms with Crippen LogP contribution in [0, 0.1) is 0 Å². The van der Waals surface area contributed by atoms with Gasteiger partial charge in [-0.25, -0.2) is 19.9 Å². The van der Waals surface area contributed by atoms with Gasteiger partial charge in [0.05, 0.1) is 22.4 Å². The fraction of sp³-hybridized carbons (Fsp3) is 0.0154. The zero-order valence-corrected chi connectivity index (χ0v) is 38.4. The Balaban J connectivity index is 1.06. The van der Waals surface area contributed by atoms with E-state index in [0.29, 0.717) is 17.5 Å². The number of imidazole rings is 1. The normalized spacial score (nSPS) is 12.6. The predicted molar refractivity (Wildman–Crippen MR) is 287 cm³/mol. The van der Waals surface area contributed by atoms with Crippen molar-refractivity contribution >= 4 is 28.1 Å². The summed E-state index contributed by atoms with van der Waals surface area (Å²) >= 11 is 0. The predicted octanol–water partition coefficient (Wildman–Crippen LogP) is 15.7. The van der Waals surface area contributed by atoms with Gasteiger partial charge in [0.2, 0.25) is 0 Å². The third-order valence-corrected chi connectivity index (χ3v) is 14.2. The Hall–Kier alpha value is -9.52. The molecule has 1 aliphatic heterocycles. The van der Waals surface area contributed by atoms with Gasteiger partial charge in [0.1, 0.15) is 11.2 Å². The molecule has 10 aromatic carbocycles. The Morgan fingerprint density at radius 1 is 0.338 bits per heavy atom. The number of rotatable bonds is 8. The molecule has 0 fully saturated rings. The molecule has 14 rings (SSSR count). The first-order chi connectivity index (χ1) is 35.2. The van der Waals surface area contributed by atoms with Gasteiger partial charge in [0, 0.05) is 33.6 Å². The first kappa shape index (κ1) is 40.5. The van der Waals surface area contributed by atoms with Gasteiger partial charge < -0.3 is 4.90 Å². The van der Waals surface area contributed by atoms with Crippen molar-refractivity contribution in [2.75, 3.05) is 4.90 Å². The molecule has 0 atom stereocenters. The lowest BCUT2D eigenvalue weighted by atomic mass is 9.71. The molecule has 0 amide bonds. The summed E-state index contributed by atoms with van der Waals surface area (Å²) in [5, 5.41) is 0. The monoisotopic (exact) mass is 906 g/mol. The minimum Gasteiger partial charge on any atom is -0.310 e. The van der Waals surface area contributed by atoms with Crippen molar-refractivity contribution in [3.05, 3.63) is 277 Å². The summed E-state index contributed by atoms with van der Waals surface area (Å²) in [6, 6.07) is 90.5. The minimum absolute atomic E-state index is 0.603. The smallest absolute Gasteiger partial charge is 0.164 e. The third kappa shape index (κ3) is 6.42. The molecule has 2 aromatic heterocycles. The van der Waals surface area contributed by atoms with Crippen molar-refractivity contribution < 1.29 is 0 Å². The van der Waals surface area contributed by atoms with E-state index in [1.807, 2.05) is 60.7 Å². The van der Waals surface area contributed by atoms with E-state index < -0.39 is 5.41 Å². The highest BCUT2D eigenvalue weighted by atomic mass is 15.2. The molecule has 6 heteroatoms. The Kier molecular flexibility index (Phi) is 9.32. The van der Waals surface area contributed by atoms with Crippen LogP contribution in [0.5, 0.6) is 0 Å². The maximum Gasteiger partial charge on any atom is 0.164 e. The van der Waals surface area contributed by atoms with Crippen LogP contribution in [0.15, 0.2) is 255 Å². The van der Waals surface area contributed by atoms with Crippen molar-refractivity contribution in [1.82, 2.24) is 24.5 Å². The Bertz CT molecular complexity index is 3880. The SMILES string of the molecule is c1ccc(-c2ccc(N(c3ccccc3)c3cc(-c4cccc(-c5nc(-c6ccccc6)nc(-c6ccccc6)n5)c4)cc4c3C3(c5ccccc5-c5ccccc53)c3nc5ccccc5n3-4)cc2)cc1. The first-order valence-corrected chi connectivity index (χ1v) is 24.1. The summed E-state index contributed by atoms with van der Waals surface area (Å²) in [6.07, 6.45) is 0. The molecular formula is C65H42N6. The van der Waals surface area contributed by atoms with E-state index in [4.69, 9.17) is 19.9 Å². The Morgan fingerprint density at radius 3 is 1.45 bits per heavy atom. The van der Waals surface area contributed by atoms with E-state index in [0.717, 1.165) is 73.0 Å². The number of hydrogen-bond donors (Lipinski definition) is 0. The van der Waals surface area contributed by atoms with Gasteiger partial charge >= 0.3 is 0 Å². The summed E-state index contributed by atoms with van der Waals surface area (Å²) in [7, 11) is 0. The second kappa shape index (κ2) is 16.3. The fourth-order valence-corrected chi connectivity index (χ4v) is 11.1. The van der Waals surface area contributed by atoms with Crippen LogP contribution in [-0.4, -0.2) is 24.5 Å². The molecule has 332 valence electrons. The van der Waals surface area contributed by atoms with Crippen molar-refractivity contribution in [1.29, 1.82) is 0 Å². The van der Waals surface area contributed by atoms with Crippen LogP contribution in [0.25, 0.3) is 84.3 Å². The van der Waals surface area contributed by atoms with Crippen LogP contribution in [0.4, 0.5) is 17.1 Å². The second-order valence-corrected chi connectivity index (χ2v) is 18.2. The summed E-state index contributed by atoms with van der Waals surface area (Å²) in [6.45, 7) is 0. The van der Waals surface area contributed by atoms with Gasteiger partial charge in [0.15, 0.2) is 17.5 Å². The lowest BCUT2D eigenvalue weighted by molar-refractivity contribution is 0.738. The minimum atomic E-state index is -0.763. The average Bonchev–Trinajstić information content (AvgIpc) is 4.08. The van der Waals surface area contributed by atoms with Crippen LogP contribution >= 0.6 is 0 Å². The summed E-state index contributed by atoms with van der Waals surface area (Å²) in [5.74, 6) is 2.83. The Morgan fingerprint density at radius 2 is 0.817 bits per heavy atom. The van der Waals surface area contributed by atoms with Crippen molar-refractivity contribution in [2.45, 2.75) is 5.41 Å². The molecule has 71 heavy (non-hydrogen) atoms. The first-order valence-electron chi connectivity index (χ1n) is 24.1. The van der Waals surface area contributed by atoms with Gasteiger partial charge in [-0.05, 0) is 99.1 Å². The molecule has 0 radical (unpaired) electrons. The maximum absolute atomic E-state index is 5.68. The number of para-hydroxylation sites is 3. The van der Waals surface area contributed by atoms with Crippen LogP contribution in [0.1, 0.15) is 22.5 Å². The molecule has 12 aromatic rings. The van der Waals surface area contributed by atoms with Crippen molar-refractivity contribution in [3.63, 3.8) is 0 Å². The summed E-state index contributed by atoms with van der Waals surface area (Å²) < 4.78 is 2.44. The summed E-state index contributed by atoms with van der Waals surface area (Å²) in [5.41, 5.74) is 18.7. The standard InChI is InChI=1S/C65H42N6/c1-5-20-43(21-6-1)44-36-38-51(39-37-44)70(50-28-11-4-12-29-50)58-41-49(47-26-19-27-48(40-47)63-68-61(45-22-7-2-8-23-45)67-62(69-63)46-24-9-3-10-25-46)42-59-60(58)65(64-66-56-34-17-18-35-57(56)71(59)64)54-32-15-13-30-52(54)53-31-14-16-33-55(53)65/h1-42H. The lowest BCUT2D eigenvalue weighted by Gasteiger charge is -2.34. The molecule has 1 aliphatic carbocycles. The third-order valence-electron chi connectivity index (χ3n) is 14.2. The van der Waals surface area contributed by atoms with Crippen molar-refractivity contribution in [3.8, 4) is 73.2 Å². The number of fused-ring (bicyclic) bond motifs is 12. The van der Waals surface area contributed by atoms with Gasteiger partial charge in [-0.2, -0.15) is 0 Å². The number of nitrogens with zero attached hydrogens (tertiary/aromatic N) is 6. The van der Waals surface area contributed by atoms with Crippen molar-refractivity contribution in [2.24, 2.45) is 0 Å². The molecule has 6 nitrogen and oxygen atoms in total. The van der Waals surface area contributed by atoms with Crippen LogP contribution < -0.4 is 4.90 Å². The number of anilines is 3. The quantitative estimate of drug-likeness (QED) is 0.152. The van der Waals surface area contributed by atoms with E-state index in [2.05, 4.69) is 204 Å². The fourth-order valence-electron chi connectivity index (χ4n) is 11.1. The van der Waals surface area contributed by atoms with Crippen LogP contribution in [-0.2, 0) is 5.41 Å². The molecule has 0 bridgehead atoms. The highest BCUT2D eigenvalue weighted by molar-refractivity contribution is 5.97. The molecule has 0 N–H and O–H groups in total. The van der Waals surface area contributed by atoms with E-state index in [9.17, 15) is 0 Å². The number of hydrogen-bond acceptors (Lipinski definition) is 5. The summed E-state index contributed by atoms with van der Waals surface area (Å²) in [4.78, 5) is 23.4. The van der Waals surface area contributed by atoms with Gasteiger partial charge in [-0.3, -0.25) is 4.57 Å². The maximum atomic E-state index is 5.68. The zero-order valence-electron chi connectivity index (χ0n) is 38.4. The zero-order chi connectivity index (χ0) is 46.9. The molecule has 0 unspecified atom stereocenters. The van der Waals surface area contributed by atoms with E-state index in [1.165, 1.54) is 33.4 Å². The number of benzene rings is 10. The number of aromatic nitrogens is 5. The van der Waals surface area contributed by atoms with E-state index in [-0.39, 0.29) is 0 Å². The Labute approximate surface area is 411 Å². The largest absolute Gasteiger partial charge is 0.310 e. The molecule has 3 heterocycles. The molecular weight excluding hydrogens is 865 g/mol. The van der Waals surface area contributed by atoms with Crippen LogP contribution in [0.2, 0.25) is 0 Å². The highest BCUT2D eigenvalue weighted by Gasteiger charge is 2.56. The lowest BCUT2D eigenvalue weighted by Crippen LogP contribution is -2.29. The highest BCUT2D eigenvalue weighted by Crippen LogP contribution is 2.63.